The molecule has 1 aliphatic carbocycles. The van der Waals surface area contributed by atoms with Gasteiger partial charge in [0.25, 0.3) is 5.91 Å². The molecule has 0 aliphatic heterocycles. The summed E-state index contributed by atoms with van der Waals surface area (Å²) in [5.74, 6) is 0.537. The van der Waals surface area contributed by atoms with Gasteiger partial charge in [-0.2, -0.15) is 5.26 Å². The lowest BCUT2D eigenvalue weighted by atomic mass is 9.84. The molecule has 1 amide bonds. The van der Waals surface area contributed by atoms with Gasteiger partial charge in [-0.3, -0.25) is 4.79 Å². The summed E-state index contributed by atoms with van der Waals surface area (Å²) in [6, 6.07) is 8.67. The Hall–Kier alpha value is -1.73. The zero-order valence-electron chi connectivity index (χ0n) is 11.8. The first-order valence-electron chi connectivity index (χ1n) is 7.26. The maximum atomic E-state index is 11.9. The summed E-state index contributed by atoms with van der Waals surface area (Å²) < 4.78 is 5.38. The molecular formula is C16H19ClN2O2. The number of ether oxygens (including phenoxy) is 1. The largest absolute Gasteiger partial charge is 0.484 e. The lowest BCUT2D eigenvalue weighted by Gasteiger charge is -2.26. The monoisotopic (exact) mass is 306 g/mol. The van der Waals surface area contributed by atoms with Crippen LogP contribution in [-0.2, 0) is 4.79 Å². The van der Waals surface area contributed by atoms with Crippen molar-refractivity contribution in [2.24, 2.45) is 5.92 Å². The van der Waals surface area contributed by atoms with Crippen LogP contribution in [0.5, 0.6) is 5.75 Å². The molecule has 5 heteroatoms. The van der Waals surface area contributed by atoms with Gasteiger partial charge in [0.2, 0.25) is 0 Å². The van der Waals surface area contributed by atoms with Gasteiger partial charge in [-0.25, -0.2) is 0 Å². The summed E-state index contributed by atoms with van der Waals surface area (Å²) in [6.45, 7) is -0.106. The normalized spacial score (nSPS) is 16.8. The highest BCUT2D eigenvalue weighted by atomic mass is 35.5. The van der Waals surface area contributed by atoms with Gasteiger partial charge in [-0.1, -0.05) is 36.9 Å². The molecule has 1 fully saturated rings. The van der Waals surface area contributed by atoms with Gasteiger partial charge in [0.1, 0.15) is 11.8 Å². The Morgan fingerprint density at radius 2 is 2.19 bits per heavy atom. The average Bonchev–Trinajstić information content (AvgIpc) is 2.51. The molecule has 1 unspecified atom stereocenters. The van der Waals surface area contributed by atoms with Crippen LogP contribution in [0.25, 0.3) is 0 Å². The lowest BCUT2D eigenvalue weighted by molar-refractivity contribution is -0.123. The van der Waals surface area contributed by atoms with Crippen molar-refractivity contribution < 1.29 is 9.53 Å². The quantitative estimate of drug-likeness (QED) is 0.908. The predicted octanol–water partition coefficient (Wildman–Crippen LogP) is 3.31. The van der Waals surface area contributed by atoms with E-state index >= 15 is 0 Å². The number of nitrogens with zero attached hydrogens (tertiary/aromatic N) is 1. The van der Waals surface area contributed by atoms with Crippen molar-refractivity contribution in [2.75, 3.05) is 6.61 Å². The molecule has 4 nitrogen and oxygen atoms in total. The van der Waals surface area contributed by atoms with Crippen molar-refractivity contribution in [3.63, 3.8) is 0 Å². The van der Waals surface area contributed by atoms with Gasteiger partial charge >= 0.3 is 0 Å². The van der Waals surface area contributed by atoms with Gasteiger partial charge in [0.15, 0.2) is 6.61 Å². The van der Waals surface area contributed by atoms with Crippen LogP contribution in [0, 0.1) is 17.2 Å². The van der Waals surface area contributed by atoms with Gasteiger partial charge in [0.05, 0.1) is 6.07 Å². The van der Waals surface area contributed by atoms with E-state index in [0.717, 1.165) is 25.7 Å². The summed E-state index contributed by atoms with van der Waals surface area (Å²) in [5.41, 5.74) is 0. The number of carbonyl (C=O) groups excluding carboxylic acids is 1. The fraction of sp³-hybridized carbons (Fsp3) is 0.500. The van der Waals surface area contributed by atoms with Crippen molar-refractivity contribution in [3.05, 3.63) is 29.3 Å². The number of rotatable bonds is 5. The van der Waals surface area contributed by atoms with Gasteiger partial charge in [-0.15, -0.1) is 0 Å². The highest BCUT2D eigenvalue weighted by molar-refractivity contribution is 6.30. The summed E-state index contributed by atoms with van der Waals surface area (Å²) in [7, 11) is 0. The second-order valence-corrected chi connectivity index (χ2v) is 5.75. The number of nitrogens with one attached hydrogen (secondary N) is 1. The molecule has 1 atom stereocenters. The van der Waals surface area contributed by atoms with Gasteiger partial charge in [-0.05, 0) is 37.0 Å². The van der Waals surface area contributed by atoms with Crippen LogP contribution in [-0.4, -0.2) is 18.6 Å². The topological polar surface area (TPSA) is 62.1 Å². The third-order valence-corrected chi connectivity index (χ3v) is 3.98. The Bertz CT molecular complexity index is 521. The molecule has 1 N–H and O–H groups in total. The van der Waals surface area contributed by atoms with Crippen molar-refractivity contribution in [2.45, 2.75) is 38.1 Å². The van der Waals surface area contributed by atoms with E-state index in [2.05, 4.69) is 11.4 Å². The molecule has 0 saturated heterocycles. The highest BCUT2D eigenvalue weighted by Crippen LogP contribution is 2.26. The molecule has 0 heterocycles. The highest BCUT2D eigenvalue weighted by Gasteiger charge is 2.24. The fourth-order valence-electron chi connectivity index (χ4n) is 2.64. The van der Waals surface area contributed by atoms with Crippen LogP contribution in [0.15, 0.2) is 24.3 Å². The van der Waals surface area contributed by atoms with Crippen LogP contribution in [0.1, 0.15) is 32.1 Å². The summed E-state index contributed by atoms with van der Waals surface area (Å²) >= 11 is 5.84. The minimum absolute atomic E-state index is 0.106. The number of halogens is 1. The molecule has 0 aromatic heterocycles. The zero-order chi connectivity index (χ0) is 15.1. The predicted molar refractivity (Wildman–Crippen MR) is 81.1 cm³/mol. The van der Waals surface area contributed by atoms with Crippen molar-refractivity contribution in [1.29, 1.82) is 5.26 Å². The first kappa shape index (κ1) is 15.7. The molecule has 1 saturated carbocycles. The van der Waals surface area contributed by atoms with Crippen LogP contribution >= 0.6 is 11.6 Å². The van der Waals surface area contributed by atoms with E-state index < -0.39 is 6.04 Å². The number of hydrogen-bond donors (Lipinski definition) is 1. The summed E-state index contributed by atoms with van der Waals surface area (Å²) in [6.07, 6.45) is 5.51. The molecule has 0 radical (unpaired) electrons. The fourth-order valence-corrected chi connectivity index (χ4v) is 2.82. The van der Waals surface area contributed by atoms with Crippen molar-refractivity contribution in [3.8, 4) is 11.8 Å². The molecule has 1 aromatic carbocycles. The van der Waals surface area contributed by atoms with E-state index in [1.165, 1.54) is 6.42 Å². The van der Waals surface area contributed by atoms with Crippen molar-refractivity contribution >= 4 is 17.5 Å². The molecule has 112 valence electrons. The first-order chi connectivity index (χ1) is 10.2. The maximum absolute atomic E-state index is 11.9. The summed E-state index contributed by atoms with van der Waals surface area (Å²) in [4.78, 5) is 11.9. The minimum Gasteiger partial charge on any atom is -0.484 e. The van der Waals surface area contributed by atoms with E-state index in [1.54, 1.807) is 24.3 Å². The zero-order valence-corrected chi connectivity index (χ0v) is 12.6. The standard InChI is InChI=1S/C16H19ClN2O2/c17-13-7-4-8-14(9-13)21-11-16(20)19-15(10-18)12-5-2-1-3-6-12/h4,7-9,12,15H,1-3,5-6,11H2,(H,19,20). The van der Waals surface area contributed by atoms with Crippen LogP contribution in [0.3, 0.4) is 0 Å². The second kappa shape index (κ2) is 7.90. The van der Waals surface area contributed by atoms with E-state index in [-0.39, 0.29) is 18.4 Å². The second-order valence-electron chi connectivity index (χ2n) is 5.32. The summed E-state index contributed by atoms with van der Waals surface area (Å²) in [5, 5.41) is 12.5. The molecule has 2 rings (SSSR count). The lowest BCUT2D eigenvalue weighted by Crippen LogP contribution is -2.42. The van der Waals surface area contributed by atoms with Crippen LogP contribution in [0.4, 0.5) is 0 Å². The Labute approximate surface area is 130 Å². The van der Waals surface area contributed by atoms with Crippen LogP contribution in [0.2, 0.25) is 5.02 Å². The molecule has 0 bridgehead atoms. The smallest absolute Gasteiger partial charge is 0.258 e. The van der Waals surface area contributed by atoms with E-state index in [1.807, 2.05) is 0 Å². The number of benzene rings is 1. The van der Waals surface area contributed by atoms with E-state index in [9.17, 15) is 10.1 Å². The maximum Gasteiger partial charge on any atom is 0.258 e. The average molecular weight is 307 g/mol. The Kier molecular flexibility index (Phi) is 5.89. The minimum atomic E-state index is -0.416. The Morgan fingerprint density at radius 3 is 2.86 bits per heavy atom. The van der Waals surface area contributed by atoms with Crippen LogP contribution < -0.4 is 10.1 Å². The van der Waals surface area contributed by atoms with Gasteiger partial charge in [0, 0.05) is 5.02 Å². The van der Waals surface area contributed by atoms with E-state index in [4.69, 9.17) is 16.3 Å². The first-order valence-corrected chi connectivity index (χ1v) is 7.64. The molecular weight excluding hydrogens is 288 g/mol. The molecule has 21 heavy (non-hydrogen) atoms. The molecule has 0 spiro atoms. The Balaban J connectivity index is 1.81. The molecule has 1 aromatic rings. The third-order valence-electron chi connectivity index (χ3n) is 3.74. The number of nitriles is 1. The Morgan fingerprint density at radius 1 is 1.43 bits per heavy atom. The third kappa shape index (κ3) is 4.95. The number of carbonyl (C=O) groups is 1. The number of amides is 1. The number of hydrogen-bond acceptors (Lipinski definition) is 3. The van der Waals surface area contributed by atoms with E-state index in [0.29, 0.717) is 10.8 Å². The van der Waals surface area contributed by atoms with Crippen molar-refractivity contribution in [1.82, 2.24) is 5.32 Å². The SMILES string of the molecule is N#CC(NC(=O)COc1cccc(Cl)c1)C1CCCCC1. The van der Waals surface area contributed by atoms with Gasteiger partial charge < -0.3 is 10.1 Å². The molecule has 1 aliphatic rings.